The number of hydrogen-bond acceptors (Lipinski definition) is 2. The molecule has 1 aliphatic heterocycles. The standard InChI is InChI=1S/C19H19FN4O2/c20-14-2-1-3-15-17(14)13-5-4-11(18(25)23-19(21)22)10-16(13)24(15)12-6-8-26-9-7-12/h1-5,10,12H,6-9H2,(H4,21,22,23,25). The van der Waals surface area contributed by atoms with Crippen LogP contribution in [0.5, 0.6) is 0 Å². The summed E-state index contributed by atoms with van der Waals surface area (Å²) in [4.78, 5) is 15.8. The van der Waals surface area contributed by atoms with E-state index in [2.05, 4.69) is 9.56 Å². The highest BCUT2D eigenvalue weighted by Gasteiger charge is 2.23. The van der Waals surface area contributed by atoms with Crippen LogP contribution in [0.3, 0.4) is 0 Å². The van der Waals surface area contributed by atoms with E-state index in [1.807, 2.05) is 6.07 Å². The van der Waals surface area contributed by atoms with Crippen LogP contribution in [0.15, 0.2) is 41.4 Å². The number of carbonyl (C=O) groups excluding carboxylic acids is 1. The van der Waals surface area contributed by atoms with E-state index in [1.54, 1.807) is 24.3 Å². The topological polar surface area (TPSA) is 95.6 Å². The highest BCUT2D eigenvalue weighted by atomic mass is 19.1. The second kappa shape index (κ2) is 6.42. The van der Waals surface area contributed by atoms with Gasteiger partial charge in [0.05, 0.1) is 11.0 Å². The van der Waals surface area contributed by atoms with Gasteiger partial charge in [0.2, 0.25) is 0 Å². The summed E-state index contributed by atoms with van der Waals surface area (Å²) in [5, 5.41) is 1.33. The maximum atomic E-state index is 14.6. The number of hydrogen-bond donors (Lipinski definition) is 2. The highest BCUT2D eigenvalue weighted by molar-refractivity contribution is 6.11. The van der Waals surface area contributed by atoms with Crippen molar-refractivity contribution in [2.24, 2.45) is 16.5 Å². The van der Waals surface area contributed by atoms with Gasteiger partial charge in [0.15, 0.2) is 5.96 Å². The van der Waals surface area contributed by atoms with Gasteiger partial charge < -0.3 is 20.8 Å². The molecular weight excluding hydrogens is 335 g/mol. The molecule has 1 aliphatic rings. The van der Waals surface area contributed by atoms with Crippen LogP contribution in [0.2, 0.25) is 0 Å². The number of nitrogens with zero attached hydrogens (tertiary/aromatic N) is 2. The second-order valence-corrected chi connectivity index (χ2v) is 6.42. The minimum absolute atomic E-state index is 0.180. The van der Waals surface area contributed by atoms with Crippen molar-refractivity contribution in [3.63, 3.8) is 0 Å². The van der Waals surface area contributed by atoms with Crippen molar-refractivity contribution in [2.45, 2.75) is 18.9 Å². The van der Waals surface area contributed by atoms with Crippen molar-refractivity contribution in [1.29, 1.82) is 0 Å². The zero-order valence-corrected chi connectivity index (χ0v) is 14.1. The summed E-state index contributed by atoms with van der Waals surface area (Å²) < 4.78 is 22.1. The van der Waals surface area contributed by atoms with Gasteiger partial charge in [-0.05, 0) is 37.1 Å². The smallest absolute Gasteiger partial charge is 0.280 e. The number of halogens is 1. The molecular formula is C19H19FN4O2. The normalized spacial score (nSPS) is 15.4. The Morgan fingerprint density at radius 2 is 1.92 bits per heavy atom. The Bertz CT molecular complexity index is 1030. The largest absolute Gasteiger partial charge is 0.381 e. The number of amides is 1. The Morgan fingerprint density at radius 1 is 1.15 bits per heavy atom. The molecule has 1 aromatic heterocycles. The highest BCUT2D eigenvalue weighted by Crippen LogP contribution is 2.36. The molecule has 3 aromatic rings. The minimum atomic E-state index is -0.517. The SMILES string of the molecule is NC(N)=NC(=O)c1ccc2c3c(F)cccc3n(C3CCOCC3)c2c1. The number of nitrogens with two attached hydrogens (primary N) is 2. The first-order valence-corrected chi connectivity index (χ1v) is 8.50. The van der Waals surface area contributed by atoms with Gasteiger partial charge in [-0.3, -0.25) is 4.79 Å². The average molecular weight is 354 g/mol. The lowest BCUT2D eigenvalue weighted by Gasteiger charge is -2.25. The maximum absolute atomic E-state index is 14.6. The molecule has 0 unspecified atom stereocenters. The lowest BCUT2D eigenvalue weighted by atomic mass is 10.1. The average Bonchev–Trinajstić information content (AvgIpc) is 2.96. The van der Waals surface area contributed by atoms with Crippen molar-refractivity contribution in [2.75, 3.05) is 13.2 Å². The van der Waals surface area contributed by atoms with Crippen LogP contribution in [0.25, 0.3) is 21.8 Å². The fraction of sp³-hybridized carbons (Fsp3) is 0.263. The van der Waals surface area contributed by atoms with Crippen LogP contribution in [-0.4, -0.2) is 29.6 Å². The van der Waals surface area contributed by atoms with E-state index in [0.29, 0.717) is 24.2 Å². The molecule has 0 spiro atoms. The number of aliphatic imine (C=N–C) groups is 1. The number of aromatic nitrogens is 1. The third-order valence-electron chi connectivity index (χ3n) is 4.81. The molecule has 2 aromatic carbocycles. The molecule has 1 fully saturated rings. The van der Waals surface area contributed by atoms with E-state index in [9.17, 15) is 9.18 Å². The lowest BCUT2D eigenvalue weighted by molar-refractivity contribution is 0.0717. The molecule has 7 heteroatoms. The molecule has 2 heterocycles. The number of carbonyl (C=O) groups is 1. The van der Waals surface area contributed by atoms with Crippen LogP contribution in [0, 0.1) is 5.82 Å². The van der Waals surface area contributed by atoms with Crippen LogP contribution in [0.1, 0.15) is 29.2 Å². The molecule has 4 N–H and O–H groups in total. The Labute approximate surface area is 149 Å². The zero-order valence-electron chi connectivity index (χ0n) is 14.1. The van der Waals surface area contributed by atoms with Crippen molar-refractivity contribution < 1.29 is 13.9 Å². The molecule has 0 saturated carbocycles. The maximum Gasteiger partial charge on any atom is 0.280 e. The summed E-state index contributed by atoms with van der Waals surface area (Å²) in [5.41, 5.74) is 12.6. The summed E-state index contributed by atoms with van der Waals surface area (Å²) in [5.74, 6) is -1.08. The molecule has 4 rings (SSSR count). The molecule has 6 nitrogen and oxygen atoms in total. The predicted octanol–water partition coefficient (Wildman–Crippen LogP) is 2.70. The van der Waals surface area contributed by atoms with E-state index in [4.69, 9.17) is 16.2 Å². The van der Waals surface area contributed by atoms with Gasteiger partial charge in [-0.2, -0.15) is 4.99 Å². The molecule has 0 atom stereocenters. The van der Waals surface area contributed by atoms with Gasteiger partial charge in [-0.25, -0.2) is 4.39 Å². The van der Waals surface area contributed by atoms with E-state index in [0.717, 1.165) is 29.3 Å². The zero-order chi connectivity index (χ0) is 18.3. The molecule has 0 radical (unpaired) electrons. The van der Waals surface area contributed by atoms with Gasteiger partial charge in [-0.15, -0.1) is 0 Å². The second-order valence-electron chi connectivity index (χ2n) is 6.42. The van der Waals surface area contributed by atoms with Crippen LogP contribution < -0.4 is 11.5 Å². The fourth-order valence-corrected chi connectivity index (χ4v) is 3.70. The number of guanidine groups is 1. The van der Waals surface area contributed by atoms with Crippen LogP contribution in [0.4, 0.5) is 4.39 Å². The first kappa shape index (κ1) is 16.5. The lowest BCUT2D eigenvalue weighted by Crippen LogP contribution is -2.24. The van der Waals surface area contributed by atoms with Crippen molar-refractivity contribution in [3.05, 3.63) is 47.8 Å². The summed E-state index contributed by atoms with van der Waals surface area (Å²) in [6.45, 7) is 1.32. The Hall–Kier alpha value is -2.93. The molecule has 0 aliphatic carbocycles. The Balaban J connectivity index is 1.99. The third kappa shape index (κ3) is 2.70. The van der Waals surface area contributed by atoms with Crippen molar-refractivity contribution in [1.82, 2.24) is 4.57 Å². The molecule has 0 bridgehead atoms. The summed E-state index contributed by atoms with van der Waals surface area (Å²) in [7, 11) is 0. The predicted molar refractivity (Wildman–Crippen MR) is 98.6 cm³/mol. The van der Waals surface area contributed by atoms with Gasteiger partial charge in [0.1, 0.15) is 5.82 Å². The number of rotatable bonds is 2. The van der Waals surface area contributed by atoms with Gasteiger partial charge in [-0.1, -0.05) is 12.1 Å². The first-order valence-electron chi connectivity index (χ1n) is 8.50. The first-order chi connectivity index (χ1) is 12.6. The van der Waals surface area contributed by atoms with E-state index in [1.165, 1.54) is 6.07 Å². The van der Waals surface area contributed by atoms with Crippen molar-refractivity contribution in [3.8, 4) is 0 Å². The Kier molecular flexibility index (Phi) is 4.08. The van der Waals surface area contributed by atoms with Gasteiger partial charge in [0, 0.05) is 35.6 Å². The van der Waals surface area contributed by atoms with Gasteiger partial charge in [0.25, 0.3) is 5.91 Å². The molecule has 134 valence electrons. The third-order valence-corrected chi connectivity index (χ3v) is 4.81. The minimum Gasteiger partial charge on any atom is -0.381 e. The number of fused-ring (bicyclic) bond motifs is 3. The van der Waals surface area contributed by atoms with E-state index in [-0.39, 0.29) is 17.8 Å². The summed E-state index contributed by atoms with van der Waals surface area (Å²) in [6, 6.07) is 10.4. The quantitative estimate of drug-likeness (QED) is 0.546. The van der Waals surface area contributed by atoms with E-state index >= 15 is 0 Å². The monoisotopic (exact) mass is 354 g/mol. The molecule has 1 saturated heterocycles. The van der Waals surface area contributed by atoms with E-state index < -0.39 is 5.91 Å². The Morgan fingerprint density at radius 3 is 2.65 bits per heavy atom. The number of ether oxygens (including phenoxy) is 1. The molecule has 26 heavy (non-hydrogen) atoms. The van der Waals surface area contributed by atoms with Gasteiger partial charge >= 0.3 is 0 Å². The summed E-state index contributed by atoms with van der Waals surface area (Å²) >= 11 is 0. The molecule has 1 amide bonds. The fourth-order valence-electron chi connectivity index (χ4n) is 3.70. The van der Waals surface area contributed by atoms with Crippen LogP contribution in [-0.2, 0) is 4.74 Å². The summed E-state index contributed by atoms with van der Waals surface area (Å²) in [6.07, 6.45) is 1.67. The number of benzene rings is 2. The van der Waals surface area contributed by atoms with Crippen molar-refractivity contribution >= 4 is 33.7 Å². The van der Waals surface area contributed by atoms with Crippen LogP contribution >= 0.6 is 0 Å².